The van der Waals surface area contributed by atoms with E-state index in [0.29, 0.717) is 0 Å². The van der Waals surface area contributed by atoms with Crippen LogP contribution in [0.15, 0.2) is 65.1 Å². The lowest BCUT2D eigenvalue weighted by molar-refractivity contribution is 0.541. The molecule has 0 atom stereocenters. The minimum Gasteiger partial charge on any atom is -0.211 e. The smallest absolute Gasteiger partial charge is 0.211 e. The number of hydrogen-bond donors (Lipinski definition) is 0. The molecule has 20 heavy (non-hydrogen) atoms. The Bertz CT molecular complexity index is 907. The Morgan fingerprint density at radius 2 is 1.60 bits per heavy atom. The predicted molar refractivity (Wildman–Crippen MR) is 86.2 cm³/mol. The molecule has 0 radical (unpaired) electrons. The normalized spacial score (nSPS) is 11.2. The third-order valence-electron chi connectivity index (χ3n) is 3.55. The van der Waals surface area contributed by atoms with E-state index >= 15 is 0 Å². The number of fused-ring (bicyclic) bond motifs is 3. The first-order chi connectivity index (χ1) is 9.83. The van der Waals surface area contributed by atoms with Crippen molar-refractivity contribution in [1.82, 2.24) is 0 Å². The predicted octanol–water partition coefficient (Wildman–Crippen LogP) is 5.90. The van der Waals surface area contributed by atoms with Crippen LogP contribution in [-0.2, 0) is 0 Å². The number of thiophene rings is 1. The standard InChI is InChI=1S/C18H13OS/c1-12-18-15(14-9-5-6-10-17(14)20-18)11-16(19-12)13-7-3-2-4-8-13/h2-11H,1H3/q+1. The fourth-order valence-corrected chi connectivity index (χ4v) is 3.71. The Balaban J connectivity index is 2.08. The summed E-state index contributed by atoms with van der Waals surface area (Å²) in [5.74, 6) is 1.92. The zero-order valence-electron chi connectivity index (χ0n) is 11.1. The van der Waals surface area contributed by atoms with Crippen molar-refractivity contribution < 1.29 is 4.42 Å². The second-order valence-electron chi connectivity index (χ2n) is 4.87. The summed E-state index contributed by atoms with van der Waals surface area (Å²) in [7, 11) is 0. The lowest BCUT2D eigenvalue weighted by Gasteiger charge is -1.93. The first-order valence-corrected chi connectivity index (χ1v) is 7.45. The van der Waals surface area contributed by atoms with Gasteiger partial charge in [0.15, 0.2) is 0 Å². The molecule has 1 nitrogen and oxygen atoms in total. The Labute approximate surface area is 121 Å². The molecule has 0 fully saturated rings. The lowest BCUT2D eigenvalue weighted by Crippen LogP contribution is -1.80. The molecular weight excluding hydrogens is 264 g/mol. The number of hydrogen-bond acceptors (Lipinski definition) is 1. The van der Waals surface area contributed by atoms with E-state index < -0.39 is 0 Å². The molecule has 0 spiro atoms. The monoisotopic (exact) mass is 277 g/mol. The van der Waals surface area contributed by atoms with Crippen molar-refractivity contribution in [3.05, 3.63) is 66.4 Å². The van der Waals surface area contributed by atoms with E-state index in [1.165, 1.54) is 20.2 Å². The highest BCUT2D eigenvalue weighted by Crippen LogP contribution is 2.38. The van der Waals surface area contributed by atoms with E-state index in [9.17, 15) is 0 Å². The van der Waals surface area contributed by atoms with Gasteiger partial charge in [-0.15, -0.1) is 11.3 Å². The maximum absolute atomic E-state index is 6.02. The van der Waals surface area contributed by atoms with Crippen LogP contribution < -0.4 is 0 Å². The molecule has 4 rings (SSSR count). The molecule has 0 bridgehead atoms. The van der Waals surface area contributed by atoms with Crippen LogP contribution in [0.4, 0.5) is 0 Å². The fraction of sp³-hybridized carbons (Fsp3) is 0.0556. The van der Waals surface area contributed by atoms with Crippen LogP contribution in [0.2, 0.25) is 0 Å². The van der Waals surface area contributed by atoms with Crippen LogP contribution in [0.5, 0.6) is 0 Å². The molecule has 2 aromatic carbocycles. The molecule has 0 saturated carbocycles. The van der Waals surface area contributed by atoms with Gasteiger partial charge in [0.2, 0.25) is 0 Å². The molecule has 0 aliphatic carbocycles. The van der Waals surface area contributed by atoms with E-state index in [4.69, 9.17) is 4.42 Å². The van der Waals surface area contributed by atoms with E-state index in [-0.39, 0.29) is 0 Å². The van der Waals surface area contributed by atoms with Crippen molar-refractivity contribution in [3.63, 3.8) is 0 Å². The van der Waals surface area contributed by atoms with Crippen LogP contribution in [-0.4, -0.2) is 0 Å². The van der Waals surface area contributed by atoms with E-state index in [0.717, 1.165) is 17.1 Å². The topological polar surface area (TPSA) is 11.3 Å². The zero-order valence-corrected chi connectivity index (χ0v) is 11.9. The highest BCUT2D eigenvalue weighted by molar-refractivity contribution is 7.26. The van der Waals surface area contributed by atoms with Crippen LogP contribution in [0.1, 0.15) is 5.76 Å². The summed E-state index contributed by atoms with van der Waals surface area (Å²) in [6.45, 7) is 2.05. The average molecular weight is 277 g/mol. The molecule has 0 aliphatic rings. The van der Waals surface area contributed by atoms with Gasteiger partial charge in [-0.3, -0.25) is 0 Å². The Morgan fingerprint density at radius 3 is 2.45 bits per heavy atom. The maximum Gasteiger partial charge on any atom is 0.360 e. The summed E-state index contributed by atoms with van der Waals surface area (Å²) in [6, 6.07) is 21.0. The Morgan fingerprint density at radius 1 is 0.850 bits per heavy atom. The minimum absolute atomic E-state index is 0.930. The highest BCUT2D eigenvalue weighted by Gasteiger charge is 2.20. The van der Waals surface area contributed by atoms with E-state index in [1.54, 1.807) is 11.3 Å². The third-order valence-corrected chi connectivity index (χ3v) is 4.84. The van der Waals surface area contributed by atoms with Gasteiger partial charge in [-0.2, -0.15) is 0 Å². The third kappa shape index (κ3) is 1.73. The van der Waals surface area contributed by atoms with E-state index in [2.05, 4.69) is 42.5 Å². The summed E-state index contributed by atoms with van der Waals surface area (Å²) in [5.41, 5.74) is 1.12. The van der Waals surface area contributed by atoms with Crippen molar-refractivity contribution in [1.29, 1.82) is 0 Å². The van der Waals surface area contributed by atoms with Crippen molar-refractivity contribution in [2.24, 2.45) is 0 Å². The van der Waals surface area contributed by atoms with Gasteiger partial charge in [0.25, 0.3) is 0 Å². The molecule has 2 aromatic heterocycles. The van der Waals surface area contributed by atoms with Crippen LogP contribution in [0.3, 0.4) is 0 Å². The summed E-state index contributed by atoms with van der Waals surface area (Å²) < 4.78 is 8.57. The Kier molecular flexibility index (Phi) is 2.57. The van der Waals surface area contributed by atoms with Gasteiger partial charge in [0.1, 0.15) is 4.70 Å². The van der Waals surface area contributed by atoms with Gasteiger partial charge in [-0.1, -0.05) is 36.4 Å². The van der Waals surface area contributed by atoms with Gasteiger partial charge in [-0.05, 0) is 18.2 Å². The van der Waals surface area contributed by atoms with E-state index in [1.807, 2.05) is 25.1 Å². The summed E-state index contributed by atoms with van der Waals surface area (Å²) in [4.78, 5) is 0. The van der Waals surface area contributed by atoms with Crippen molar-refractivity contribution in [2.75, 3.05) is 0 Å². The van der Waals surface area contributed by atoms with Crippen LogP contribution >= 0.6 is 11.3 Å². The zero-order chi connectivity index (χ0) is 13.5. The van der Waals surface area contributed by atoms with Crippen LogP contribution in [0.25, 0.3) is 31.5 Å². The molecule has 2 heteroatoms. The van der Waals surface area contributed by atoms with Gasteiger partial charge >= 0.3 is 11.5 Å². The molecule has 0 aliphatic heterocycles. The van der Waals surface area contributed by atoms with Gasteiger partial charge < -0.3 is 0 Å². The SMILES string of the molecule is Cc1[o+]c(-c2ccccc2)cc2c1sc1ccccc12. The molecule has 0 N–H and O–H groups in total. The minimum atomic E-state index is 0.930. The summed E-state index contributed by atoms with van der Waals surface area (Å²) in [5, 5.41) is 2.59. The number of rotatable bonds is 1. The molecule has 0 amide bonds. The van der Waals surface area contributed by atoms with Crippen molar-refractivity contribution in [2.45, 2.75) is 6.92 Å². The molecule has 0 saturated heterocycles. The molecule has 96 valence electrons. The quantitative estimate of drug-likeness (QED) is 0.394. The lowest BCUT2D eigenvalue weighted by atomic mass is 10.1. The van der Waals surface area contributed by atoms with Crippen molar-refractivity contribution >= 4 is 31.5 Å². The average Bonchev–Trinajstić information content (AvgIpc) is 2.88. The fourth-order valence-electron chi connectivity index (χ4n) is 2.59. The first-order valence-electron chi connectivity index (χ1n) is 6.63. The Hall–Kier alpha value is -2.19. The second-order valence-corrected chi connectivity index (χ2v) is 5.93. The number of benzene rings is 2. The van der Waals surface area contributed by atoms with Gasteiger partial charge in [0.05, 0.1) is 18.6 Å². The van der Waals surface area contributed by atoms with Gasteiger partial charge in [0, 0.05) is 15.5 Å². The summed E-state index contributed by atoms with van der Waals surface area (Å²) >= 11 is 1.80. The van der Waals surface area contributed by atoms with Crippen molar-refractivity contribution in [3.8, 4) is 11.3 Å². The molecule has 4 aromatic rings. The largest absolute Gasteiger partial charge is 0.360 e. The highest BCUT2D eigenvalue weighted by atomic mass is 32.1. The molecule has 2 heterocycles. The maximum atomic E-state index is 6.02. The summed E-state index contributed by atoms with van der Waals surface area (Å²) in [6.07, 6.45) is 0. The molecule has 0 unspecified atom stereocenters. The molecular formula is C18H13OS+. The number of aryl methyl sites for hydroxylation is 1. The second kappa shape index (κ2) is 4.43. The first kappa shape index (κ1) is 11.6. The van der Waals surface area contributed by atoms with Crippen LogP contribution in [0, 0.1) is 6.92 Å². The van der Waals surface area contributed by atoms with Gasteiger partial charge in [-0.25, -0.2) is 4.42 Å².